The highest BCUT2D eigenvalue weighted by Gasteiger charge is 2.34. The Labute approximate surface area is 161 Å². The average molecular weight is 413 g/mol. The number of hydrogen-bond acceptors (Lipinski definition) is 7. The fraction of sp³-hybridized carbons (Fsp3) is 0.529. The predicted molar refractivity (Wildman–Crippen MR) is 100.0 cm³/mol. The second kappa shape index (κ2) is 7.33. The number of sulfonamides is 1. The van der Waals surface area contributed by atoms with Crippen LogP contribution in [0.25, 0.3) is 0 Å². The normalized spacial score (nSPS) is 23.5. The summed E-state index contributed by atoms with van der Waals surface area (Å²) in [5, 5.41) is 0.0908. The number of ether oxygens (including phenoxy) is 1. The molecule has 1 aromatic heterocycles. The highest BCUT2D eigenvalue weighted by atomic mass is 32.2. The van der Waals surface area contributed by atoms with E-state index in [2.05, 4.69) is 25.9 Å². The van der Waals surface area contributed by atoms with E-state index in [-0.39, 0.29) is 11.2 Å². The number of hydrogen-bond donors (Lipinski definition) is 1. The number of rotatable bonds is 4. The molecule has 10 heteroatoms. The van der Waals surface area contributed by atoms with Gasteiger partial charge in [0.05, 0.1) is 6.61 Å². The molecule has 0 bridgehead atoms. The van der Waals surface area contributed by atoms with Crippen LogP contribution in [0.5, 0.6) is 5.75 Å². The van der Waals surface area contributed by atoms with Crippen molar-refractivity contribution in [3.8, 4) is 5.75 Å². The van der Waals surface area contributed by atoms with Crippen LogP contribution in [0, 0.1) is 5.82 Å². The van der Waals surface area contributed by atoms with E-state index in [1.165, 1.54) is 24.9 Å². The summed E-state index contributed by atoms with van der Waals surface area (Å²) in [5.41, 5.74) is 0.724. The number of benzene rings is 1. The maximum absolute atomic E-state index is 14.8. The van der Waals surface area contributed by atoms with E-state index in [0.29, 0.717) is 18.4 Å². The summed E-state index contributed by atoms with van der Waals surface area (Å²) < 4.78 is 51.6. The van der Waals surface area contributed by atoms with Crippen molar-refractivity contribution in [1.82, 2.24) is 14.3 Å². The highest BCUT2D eigenvalue weighted by molar-refractivity contribution is 7.93. The van der Waals surface area contributed by atoms with Gasteiger partial charge in [-0.15, -0.1) is 0 Å². The van der Waals surface area contributed by atoms with Gasteiger partial charge < -0.3 is 4.74 Å². The minimum atomic E-state index is -4.11. The number of fused-ring (bicyclic) bond motifs is 1. The molecule has 2 aliphatic rings. The van der Waals surface area contributed by atoms with E-state index >= 15 is 0 Å². The zero-order valence-corrected chi connectivity index (χ0v) is 16.5. The molecule has 0 saturated carbocycles. The molecular weight excluding hydrogens is 391 g/mol. The van der Waals surface area contributed by atoms with Crippen molar-refractivity contribution >= 4 is 26.7 Å². The summed E-state index contributed by atoms with van der Waals surface area (Å²) in [6.07, 6.45) is 5.45. The molecule has 0 unspecified atom stereocenters. The Hall–Kier alpha value is -1.78. The van der Waals surface area contributed by atoms with Crippen LogP contribution in [-0.4, -0.2) is 41.9 Å². The molecule has 0 amide bonds. The molecule has 146 valence electrons. The van der Waals surface area contributed by atoms with Crippen LogP contribution in [-0.2, 0) is 10.0 Å². The van der Waals surface area contributed by atoms with Crippen LogP contribution in [0.4, 0.5) is 9.52 Å². The fourth-order valence-corrected chi connectivity index (χ4v) is 5.63. The molecule has 2 aliphatic heterocycles. The second-order valence-electron chi connectivity index (χ2n) is 6.91. The van der Waals surface area contributed by atoms with Gasteiger partial charge in [0.25, 0.3) is 10.0 Å². The molecule has 7 nitrogen and oxygen atoms in total. The molecule has 2 aromatic rings. The van der Waals surface area contributed by atoms with Gasteiger partial charge in [-0.05, 0) is 32.4 Å². The molecule has 27 heavy (non-hydrogen) atoms. The minimum absolute atomic E-state index is 0.0476. The van der Waals surface area contributed by atoms with Crippen LogP contribution in [0.2, 0.25) is 0 Å². The van der Waals surface area contributed by atoms with Crippen LogP contribution in [0.3, 0.4) is 0 Å². The van der Waals surface area contributed by atoms with Crippen molar-refractivity contribution < 1.29 is 17.5 Å². The van der Waals surface area contributed by atoms with Gasteiger partial charge in [-0.1, -0.05) is 6.42 Å². The monoisotopic (exact) mass is 412 g/mol. The summed E-state index contributed by atoms with van der Waals surface area (Å²) >= 11 is 0.887. The van der Waals surface area contributed by atoms with Crippen molar-refractivity contribution in [3.63, 3.8) is 0 Å². The first-order valence-electron chi connectivity index (χ1n) is 8.97. The molecule has 0 radical (unpaired) electrons. The van der Waals surface area contributed by atoms with Crippen molar-refractivity contribution in [2.45, 2.75) is 49.6 Å². The Bertz CT molecular complexity index is 921. The van der Waals surface area contributed by atoms with E-state index in [0.717, 1.165) is 42.9 Å². The van der Waals surface area contributed by atoms with E-state index in [1.54, 1.807) is 0 Å². The Morgan fingerprint density at radius 2 is 2.19 bits per heavy atom. The number of piperidine rings is 1. The molecule has 1 aromatic carbocycles. The quantitative estimate of drug-likeness (QED) is 0.830. The molecule has 2 atom stereocenters. The standard InChI is InChI=1S/C17H21FN4O3S2/c1-11-4-2-3-6-22(11)14-5-7-25-15-9-16(13(18)8-12(14)15)27(23,24)21-17-19-10-20-26-17/h8-11,14H,2-7H2,1H3,(H,19,20,21)/t11-,14-/m1/s1. The highest BCUT2D eigenvalue weighted by Crippen LogP contribution is 2.41. The third-order valence-corrected chi connectivity index (χ3v) is 7.26. The third kappa shape index (κ3) is 3.65. The lowest BCUT2D eigenvalue weighted by atomic mass is 9.93. The molecule has 0 aliphatic carbocycles. The third-order valence-electron chi connectivity index (χ3n) is 5.20. The van der Waals surface area contributed by atoms with Crippen LogP contribution < -0.4 is 9.46 Å². The topological polar surface area (TPSA) is 84.4 Å². The van der Waals surface area contributed by atoms with Crippen molar-refractivity contribution in [1.29, 1.82) is 0 Å². The smallest absolute Gasteiger partial charge is 0.266 e. The van der Waals surface area contributed by atoms with Crippen molar-refractivity contribution in [2.24, 2.45) is 0 Å². The van der Waals surface area contributed by atoms with Gasteiger partial charge >= 0.3 is 0 Å². The Morgan fingerprint density at radius 3 is 2.93 bits per heavy atom. The number of nitrogens with one attached hydrogen (secondary N) is 1. The molecule has 1 fully saturated rings. The first kappa shape index (κ1) is 18.6. The lowest BCUT2D eigenvalue weighted by Crippen LogP contribution is -2.42. The molecule has 1 N–H and O–H groups in total. The number of likely N-dealkylation sites (tertiary alicyclic amines) is 1. The summed E-state index contributed by atoms with van der Waals surface area (Å²) in [6, 6.07) is 3.07. The summed E-state index contributed by atoms with van der Waals surface area (Å²) in [7, 11) is -4.11. The zero-order chi connectivity index (χ0) is 19.0. The van der Waals surface area contributed by atoms with Crippen LogP contribution in [0.15, 0.2) is 23.4 Å². The zero-order valence-electron chi connectivity index (χ0n) is 14.9. The van der Waals surface area contributed by atoms with E-state index in [4.69, 9.17) is 4.74 Å². The predicted octanol–water partition coefficient (Wildman–Crippen LogP) is 3.18. The first-order valence-corrected chi connectivity index (χ1v) is 11.2. The largest absolute Gasteiger partial charge is 0.493 e. The average Bonchev–Trinajstić information content (AvgIpc) is 3.13. The van der Waals surface area contributed by atoms with E-state index in [1.807, 2.05) is 0 Å². The van der Waals surface area contributed by atoms with Gasteiger partial charge in [-0.2, -0.15) is 4.37 Å². The van der Waals surface area contributed by atoms with Gasteiger partial charge in [0.1, 0.15) is 22.8 Å². The molecule has 1 saturated heterocycles. The number of anilines is 1. The Balaban J connectivity index is 1.68. The fourth-order valence-electron chi connectivity index (χ4n) is 3.89. The van der Waals surface area contributed by atoms with E-state index < -0.39 is 20.7 Å². The minimum Gasteiger partial charge on any atom is -0.493 e. The SMILES string of the molecule is C[C@@H]1CCCCN1[C@@H]1CCOc2cc(S(=O)(=O)Nc3ncns3)c(F)cc21. The Kier molecular flexibility index (Phi) is 5.04. The molecule has 0 spiro atoms. The summed E-state index contributed by atoms with van der Waals surface area (Å²) in [4.78, 5) is 5.73. The van der Waals surface area contributed by atoms with Crippen molar-refractivity contribution in [2.75, 3.05) is 17.9 Å². The van der Waals surface area contributed by atoms with Gasteiger partial charge in [0, 0.05) is 41.7 Å². The molecule has 3 heterocycles. The lowest BCUT2D eigenvalue weighted by Gasteiger charge is -2.42. The van der Waals surface area contributed by atoms with Gasteiger partial charge in [-0.25, -0.2) is 17.8 Å². The van der Waals surface area contributed by atoms with Crippen molar-refractivity contribution in [3.05, 3.63) is 29.8 Å². The van der Waals surface area contributed by atoms with E-state index in [9.17, 15) is 12.8 Å². The van der Waals surface area contributed by atoms with Gasteiger partial charge in [0.15, 0.2) is 0 Å². The van der Waals surface area contributed by atoms with Crippen LogP contribution in [0.1, 0.15) is 44.2 Å². The molecule has 4 rings (SSSR count). The molecular formula is C17H21FN4O3S2. The maximum Gasteiger partial charge on any atom is 0.266 e. The summed E-state index contributed by atoms with van der Waals surface area (Å²) in [5.74, 6) is -0.353. The number of nitrogens with zero attached hydrogens (tertiary/aromatic N) is 3. The van der Waals surface area contributed by atoms with Gasteiger partial charge in [-0.3, -0.25) is 9.62 Å². The van der Waals surface area contributed by atoms with Crippen LogP contribution >= 0.6 is 11.5 Å². The first-order chi connectivity index (χ1) is 13.0. The second-order valence-corrected chi connectivity index (χ2v) is 9.34. The maximum atomic E-state index is 14.8. The Morgan fingerprint density at radius 1 is 1.33 bits per heavy atom. The number of halogens is 1. The summed E-state index contributed by atoms with van der Waals surface area (Å²) in [6.45, 7) is 3.64. The number of aromatic nitrogens is 2. The van der Waals surface area contributed by atoms with Gasteiger partial charge in [0.2, 0.25) is 5.13 Å². The lowest BCUT2D eigenvalue weighted by molar-refractivity contribution is 0.0756.